The van der Waals surface area contributed by atoms with Gasteiger partial charge in [0.2, 0.25) is 5.88 Å². The Morgan fingerprint density at radius 1 is 1.36 bits per heavy atom. The molecule has 0 unspecified atom stereocenters. The summed E-state index contributed by atoms with van der Waals surface area (Å²) in [7, 11) is 0.599. The van der Waals surface area contributed by atoms with E-state index in [0.717, 1.165) is 18.2 Å². The van der Waals surface area contributed by atoms with Crippen LogP contribution in [0.3, 0.4) is 0 Å². The Kier molecular flexibility index (Phi) is 3.95. The molecule has 0 aliphatic carbocycles. The van der Waals surface area contributed by atoms with Gasteiger partial charge in [0.05, 0.1) is 7.11 Å². The zero-order chi connectivity index (χ0) is 15.7. The lowest BCUT2D eigenvalue weighted by Gasteiger charge is -2.33. The van der Waals surface area contributed by atoms with E-state index >= 15 is 0 Å². The van der Waals surface area contributed by atoms with Crippen molar-refractivity contribution in [3.8, 4) is 5.88 Å². The molecule has 0 aromatic carbocycles. The highest BCUT2D eigenvalue weighted by atomic mass is 28.3. The summed E-state index contributed by atoms with van der Waals surface area (Å²) >= 11 is 0. The first-order chi connectivity index (χ1) is 10.5. The number of carbonyl (C=O) groups is 1. The van der Waals surface area contributed by atoms with Crippen molar-refractivity contribution in [2.45, 2.75) is 44.1 Å². The maximum Gasteiger partial charge on any atom is 0.267 e. The molecule has 2 aromatic heterocycles. The molecule has 2 N–H and O–H groups in total. The number of aromatic nitrogens is 2. The van der Waals surface area contributed by atoms with Crippen LogP contribution in [0.15, 0.2) is 18.2 Å². The minimum absolute atomic E-state index is 0.0386. The number of rotatable bonds is 3. The van der Waals surface area contributed by atoms with Gasteiger partial charge in [-0.1, -0.05) is 25.2 Å². The Hall–Kier alpha value is -1.82. The minimum atomic E-state index is -0.983. The van der Waals surface area contributed by atoms with Crippen LogP contribution in [0.25, 0.3) is 11.0 Å². The first-order valence-corrected chi connectivity index (χ1v) is 11.2. The molecule has 1 aliphatic heterocycles. The highest BCUT2D eigenvalue weighted by Crippen LogP contribution is 2.28. The lowest BCUT2D eigenvalue weighted by Crippen LogP contribution is -2.42. The topological polar surface area (TPSA) is 67.0 Å². The van der Waals surface area contributed by atoms with Gasteiger partial charge in [-0.25, -0.2) is 0 Å². The highest BCUT2D eigenvalue weighted by molar-refractivity contribution is 6.77. The van der Waals surface area contributed by atoms with Crippen LogP contribution in [0.5, 0.6) is 5.88 Å². The number of nitrogens with zero attached hydrogens (tertiary/aromatic N) is 1. The van der Waals surface area contributed by atoms with Crippen molar-refractivity contribution < 1.29 is 9.53 Å². The Morgan fingerprint density at radius 2 is 2.09 bits per heavy atom. The fourth-order valence-corrected chi connectivity index (χ4v) is 5.54. The summed E-state index contributed by atoms with van der Waals surface area (Å²) in [5, 5.41) is 4.08. The van der Waals surface area contributed by atoms with Gasteiger partial charge in [0.25, 0.3) is 5.91 Å². The van der Waals surface area contributed by atoms with Crippen molar-refractivity contribution in [1.82, 2.24) is 15.3 Å². The van der Waals surface area contributed by atoms with Crippen molar-refractivity contribution >= 4 is 25.0 Å². The molecule has 1 aliphatic rings. The number of fused-ring (bicyclic) bond motifs is 1. The zero-order valence-corrected chi connectivity index (χ0v) is 14.4. The first-order valence-electron chi connectivity index (χ1n) is 7.81. The second-order valence-corrected chi connectivity index (χ2v) is 12.2. The molecule has 118 valence electrons. The molecular weight excluding hydrogens is 294 g/mol. The minimum Gasteiger partial charge on any atom is -0.481 e. The summed E-state index contributed by atoms with van der Waals surface area (Å²) in [5.41, 5.74) is 1.25. The van der Waals surface area contributed by atoms with Gasteiger partial charge in [0.15, 0.2) is 0 Å². The van der Waals surface area contributed by atoms with Crippen molar-refractivity contribution in [2.75, 3.05) is 7.11 Å². The van der Waals surface area contributed by atoms with Gasteiger partial charge in [-0.05, 0) is 25.0 Å². The maximum absolute atomic E-state index is 12.4. The van der Waals surface area contributed by atoms with Crippen molar-refractivity contribution in [3.63, 3.8) is 0 Å². The van der Waals surface area contributed by atoms with E-state index in [0.29, 0.717) is 23.3 Å². The van der Waals surface area contributed by atoms with Crippen LogP contribution in [0, 0.1) is 0 Å². The van der Waals surface area contributed by atoms with Gasteiger partial charge in [-0.3, -0.25) is 4.79 Å². The van der Waals surface area contributed by atoms with Gasteiger partial charge in [-0.15, -0.1) is 0 Å². The Morgan fingerprint density at radius 3 is 2.77 bits per heavy atom. The SMILES string of the molecule is COc1ccc2cc(C(=O)NC3CC[Si](C)(C)CC3)[nH]c2n1. The second-order valence-electron chi connectivity index (χ2n) is 6.89. The zero-order valence-electron chi connectivity index (χ0n) is 13.4. The van der Waals surface area contributed by atoms with E-state index in [9.17, 15) is 4.79 Å². The van der Waals surface area contributed by atoms with Crippen LogP contribution in [-0.4, -0.2) is 37.1 Å². The van der Waals surface area contributed by atoms with E-state index in [1.165, 1.54) is 12.1 Å². The lowest BCUT2D eigenvalue weighted by atomic mass is 10.1. The normalized spacial score (nSPS) is 18.3. The number of nitrogens with one attached hydrogen (secondary N) is 2. The van der Waals surface area contributed by atoms with E-state index in [2.05, 4.69) is 28.4 Å². The molecular formula is C16H23N3O2Si. The molecule has 5 nitrogen and oxygen atoms in total. The van der Waals surface area contributed by atoms with Crippen molar-refractivity contribution in [2.24, 2.45) is 0 Å². The van der Waals surface area contributed by atoms with Crippen molar-refractivity contribution in [3.05, 3.63) is 23.9 Å². The summed E-state index contributed by atoms with van der Waals surface area (Å²) in [4.78, 5) is 19.8. The summed E-state index contributed by atoms with van der Waals surface area (Å²) < 4.78 is 5.11. The third kappa shape index (κ3) is 3.16. The number of pyridine rings is 1. The molecule has 0 spiro atoms. The number of carbonyl (C=O) groups excluding carboxylic acids is 1. The molecule has 1 saturated heterocycles. The Balaban J connectivity index is 1.70. The number of methoxy groups -OCH3 is 1. The van der Waals surface area contributed by atoms with Gasteiger partial charge < -0.3 is 15.0 Å². The summed E-state index contributed by atoms with van der Waals surface area (Å²) in [6.45, 7) is 4.86. The monoisotopic (exact) mass is 317 g/mol. The second kappa shape index (κ2) is 5.76. The van der Waals surface area contributed by atoms with Crippen LogP contribution in [0.1, 0.15) is 23.3 Å². The lowest BCUT2D eigenvalue weighted by molar-refractivity contribution is 0.0929. The largest absolute Gasteiger partial charge is 0.481 e. The van der Waals surface area contributed by atoms with E-state index < -0.39 is 8.07 Å². The molecule has 0 saturated carbocycles. The van der Waals surface area contributed by atoms with Crippen LogP contribution in [0.4, 0.5) is 0 Å². The Bertz CT molecular complexity index is 686. The smallest absolute Gasteiger partial charge is 0.267 e. The fraction of sp³-hybridized carbons (Fsp3) is 0.500. The van der Waals surface area contributed by atoms with E-state index in [1.54, 1.807) is 13.2 Å². The first kappa shape index (κ1) is 15.1. The van der Waals surface area contributed by atoms with Gasteiger partial charge in [-0.2, -0.15) is 4.98 Å². The molecule has 3 heterocycles. The highest BCUT2D eigenvalue weighted by Gasteiger charge is 2.29. The Labute approximate surface area is 131 Å². The molecule has 22 heavy (non-hydrogen) atoms. The van der Waals surface area contributed by atoms with Crippen molar-refractivity contribution in [1.29, 1.82) is 0 Å². The van der Waals surface area contributed by atoms with Crippen LogP contribution >= 0.6 is 0 Å². The number of ether oxygens (including phenoxy) is 1. The van der Waals surface area contributed by atoms with E-state index in [4.69, 9.17) is 4.74 Å². The predicted octanol–water partition coefficient (Wildman–Crippen LogP) is 3.17. The average Bonchev–Trinajstić information content (AvgIpc) is 2.92. The van der Waals surface area contributed by atoms with Gasteiger partial charge in [0.1, 0.15) is 11.3 Å². The van der Waals surface area contributed by atoms with E-state index in [1.807, 2.05) is 12.1 Å². The molecule has 6 heteroatoms. The maximum atomic E-state index is 12.4. The molecule has 0 atom stereocenters. The summed E-state index contributed by atoms with van der Waals surface area (Å²) in [6.07, 6.45) is 2.22. The van der Waals surface area contributed by atoms with Crippen LogP contribution < -0.4 is 10.1 Å². The van der Waals surface area contributed by atoms with Crippen LogP contribution in [0.2, 0.25) is 25.2 Å². The molecule has 1 fully saturated rings. The molecule has 0 bridgehead atoms. The number of hydrogen-bond donors (Lipinski definition) is 2. The molecule has 0 radical (unpaired) electrons. The number of amides is 1. The number of H-pyrrole nitrogens is 1. The van der Waals surface area contributed by atoms with Crippen LogP contribution in [-0.2, 0) is 0 Å². The predicted molar refractivity (Wildman–Crippen MR) is 90.2 cm³/mol. The fourth-order valence-electron chi connectivity index (χ4n) is 3.03. The average molecular weight is 317 g/mol. The van der Waals surface area contributed by atoms with E-state index in [-0.39, 0.29) is 5.91 Å². The van der Waals surface area contributed by atoms with Gasteiger partial charge >= 0.3 is 0 Å². The standard InChI is InChI=1S/C16H23N3O2Si/c1-21-14-5-4-11-10-13(18-15(11)19-14)16(20)17-12-6-8-22(2,3)9-7-12/h4-5,10,12H,6-9H2,1-3H3,(H,17,20)(H,18,19). The molecule has 3 rings (SSSR count). The summed E-state index contributed by atoms with van der Waals surface area (Å²) in [5.74, 6) is 0.504. The summed E-state index contributed by atoms with van der Waals surface area (Å²) in [6, 6.07) is 8.45. The number of aromatic amines is 1. The third-order valence-electron chi connectivity index (χ3n) is 4.58. The van der Waals surface area contributed by atoms with Gasteiger partial charge in [0, 0.05) is 25.6 Å². The number of hydrogen-bond acceptors (Lipinski definition) is 3. The third-order valence-corrected chi connectivity index (χ3v) is 7.87. The quantitative estimate of drug-likeness (QED) is 0.855. The molecule has 1 amide bonds. The molecule has 2 aromatic rings.